The fourth-order valence-electron chi connectivity index (χ4n) is 1.68. The zero-order valence-electron chi connectivity index (χ0n) is 11.0. The van der Waals surface area contributed by atoms with E-state index in [9.17, 15) is 4.79 Å². The molecule has 0 N–H and O–H groups in total. The molecule has 2 rings (SSSR count). The number of hydrogen-bond acceptors (Lipinski definition) is 4. The first-order valence-electron chi connectivity index (χ1n) is 5.89. The highest BCUT2D eigenvalue weighted by atomic mass is 35.5. The lowest BCUT2D eigenvalue weighted by molar-refractivity contribution is 0.102. The molecule has 20 heavy (non-hydrogen) atoms. The van der Waals surface area contributed by atoms with Crippen LogP contribution in [-0.4, -0.2) is 21.5 Å². The molecule has 0 saturated heterocycles. The number of nitrogens with zero attached hydrogens (tertiary/aromatic N) is 2. The van der Waals surface area contributed by atoms with Crippen molar-refractivity contribution in [3.8, 4) is 0 Å². The highest BCUT2D eigenvalue weighted by Gasteiger charge is 2.12. The first-order valence-corrected chi connectivity index (χ1v) is 7.63. The fraction of sp³-hybridized carbons (Fsp3) is 0.214. The van der Waals surface area contributed by atoms with Gasteiger partial charge in [0, 0.05) is 22.0 Å². The highest BCUT2D eigenvalue weighted by Crippen LogP contribution is 2.23. The summed E-state index contributed by atoms with van der Waals surface area (Å²) in [4.78, 5) is 20.7. The monoisotopic (exact) mass is 326 g/mol. The summed E-state index contributed by atoms with van der Waals surface area (Å²) in [7, 11) is 0. The third-order valence-corrected chi connectivity index (χ3v) is 3.93. The van der Waals surface area contributed by atoms with Crippen LogP contribution in [0.2, 0.25) is 10.0 Å². The average Bonchev–Trinajstić information content (AvgIpc) is 2.38. The Bertz CT molecular complexity index is 641. The molecule has 104 valence electrons. The summed E-state index contributed by atoms with van der Waals surface area (Å²) < 4.78 is 0. The van der Waals surface area contributed by atoms with E-state index in [0.29, 0.717) is 20.8 Å². The lowest BCUT2D eigenvalue weighted by atomic mass is 10.1. The molecular weight excluding hydrogens is 315 g/mol. The lowest BCUT2D eigenvalue weighted by Crippen LogP contribution is -2.04. The summed E-state index contributed by atoms with van der Waals surface area (Å²) in [5.41, 5.74) is 2.19. The Balaban J connectivity index is 2.10. The van der Waals surface area contributed by atoms with Crippen LogP contribution >= 0.6 is 35.0 Å². The number of carbonyl (C=O) groups is 1. The predicted molar refractivity (Wildman–Crippen MR) is 83.0 cm³/mol. The van der Waals surface area contributed by atoms with E-state index in [-0.39, 0.29) is 11.5 Å². The van der Waals surface area contributed by atoms with Crippen LogP contribution in [-0.2, 0) is 0 Å². The second kappa shape index (κ2) is 6.57. The Morgan fingerprint density at radius 1 is 1.15 bits per heavy atom. The molecule has 0 unspecified atom stereocenters. The SMILES string of the molecule is Cc1cc(C)nc(SCC(=O)c2cc(Cl)ccc2Cl)n1. The minimum Gasteiger partial charge on any atom is -0.293 e. The lowest BCUT2D eigenvalue weighted by Gasteiger charge is -2.05. The molecule has 0 aliphatic carbocycles. The first-order chi connectivity index (χ1) is 9.45. The Labute approximate surface area is 131 Å². The molecule has 0 aliphatic rings. The van der Waals surface area contributed by atoms with Gasteiger partial charge in [-0.2, -0.15) is 0 Å². The van der Waals surface area contributed by atoms with Gasteiger partial charge >= 0.3 is 0 Å². The molecule has 3 nitrogen and oxygen atoms in total. The molecule has 0 radical (unpaired) electrons. The van der Waals surface area contributed by atoms with Crippen LogP contribution in [0.25, 0.3) is 0 Å². The molecule has 1 aromatic carbocycles. The van der Waals surface area contributed by atoms with Gasteiger partial charge in [-0.25, -0.2) is 9.97 Å². The van der Waals surface area contributed by atoms with Crippen molar-refractivity contribution in [1.29, 1.82) is 0 Å². The number of rotatable bonds is 4. The summed E-state index contributed by atoms with van der Waals surface area (Å²) in [6.07, 6.45) is 0. The summed E-state index contributed by atoms with van der Waals surface area (Å²) >= 11 is 13.2. The number of aryl methyl sites for hydroxylation is 2. The van der Waals surface area contributed by atoms with Gasteiger partial charge in [0.15, 0.2) is 10.9 Å². The molecule has 6 heteroatoms. The molecule has 1 heterocycles. The van der Waals surface area contributed by atoms with Gasteiger partial charge in [-0.3, -0.25) is 4.79 Å². The quantitative estimate of drug-likeness (QED) is 0.475. The van der Waals surface area contributed by atoms with Crippen molar-refractivity contribution < 1.29 is 4.79 Å². The van der Waals surface area contributed by atoms with Crippen LogP contribution in [0.3, 0.4) is 0 Å². The summed E-state index contributed by atoms with van der Waals surface area (Å²) in [6, 6.07) is 6.74. The van der Waals surface area contributed by atoms with E-state index in [1.807, 2.05) is 19.9 Å². The number of Topliss-reactive ketones (excluding diaryl/α,β-unsaturated/α-hetero) is 1. The molecule has 2 aromatic rings. The number of thioether (sulfide) groups is 1. The standard InChI is InChI=1S/C14H12Cl2N2OS/c1-8-5-9(2)18-14(17-8)20-7-13(19)11-6-10(15)3-4-12(11)16/h3-6H,7H2,1-2H3. The van der Waals surface area contributed by atoms with Gasteiger partial charge in [0.25, 0.3) is 0 Å². The fourth-order valence-corrected chi connectivity index (χ4v) is 2.90. The van der Waals surface area contributed by atoms with Crippen LogP contribution in [0.4, 0.5) is 0 Å². The predicted octanol–water partition coefficient (Wildman–Crippen LogP) is 4.38. The van der Waals surface area contributed by atoms with Gasteiger partial charge < -0.3 is 0 Å². The van der Waals surface area contributed by atoms with Crippen molar-refractivity contribution in [3.05, 3.63) is 51.3 Å². The summed E-state index contributed by atoms with van der Waals surface area (Å²) in [5, 5.41) is 1.49. The second-order valence-electron chi connectivity index (χ2n) is 4.27. The van der Waals surface area contributed by atoms with Crippen molar-refractivity contribution in [3.63, 3.8) is 0 Å². The molecular formula is C14H12Cl2N2OS. The van der Waals surface area contributed by atoms with Crippen LogP contribution in [0.5, 0.6) is 0 Å². The average molecular weight is 327 g/mol. The van der Waals surface area contributed by atoms with Gasteiger partial charge in [-0.05, 0) is 38.1 Å². The van der Waals surface area contributed by atoms with Crippen molar-refractivity contribution in [2.75, 3.05) is 5.75 Å². The van der Waals surface area contributed by atoms with Gasteiger partial charge in [-0.1, -0.05) is 35.0 Å². The maximum atomic E-state index is 12.1. The van der Waals surface area contributed by atoms with E-state index in [1.54, 1.807) is 18.2 Å². The van der Waals surface area contributed by atoms with Gasteiger partial charge in [0.1, 0.15) is 0 Å². The third-order valence-electron chi connectivity index (χ3n) is 2.52. The number of halogens is 2. The minimum absolute atomic E-state index is 0.0924. The van der Waals surface area contributed by atoms with Crippen LogP contribution in [0, 0.1) is 13.8 Å². The largest absolute Gasteiger partial charge is 0.293 e. The van der Waals surface area contributed by atoms with Gasteiger partial charge in [0.05, 0.1) is 10.8 Å². The topological polar surface area (TPSA) is 42.9 Å². The van der Waals surface area contributed by atoms with Crippen molar-refractivity contribution in [2.45, 2.75) is 19.0 Å². The number of carbonyl (C=O) groups excluding carboxylic acids is 1. The second-order valence-corrected chi connectivity index (χ2v) is 6.06. The van der Waals surface area contributed by atoms with E-state index < -0.39 is 0 Å². The van der Waals surface area contributed by atoms with Crippen LogP contribution in [0.15, 0.2) is 29.4 Å². The van der Waals surface area contributed by atoms with E-state index in [0.717, 1.165) is 11.4 Å². The molecule has 0 bridgehead atoms. The number of benzene rings is 1. The Kier molecular flexibility index (Phi) is 5.02. The first kappa shape index (κ1) is 15.3. The summed E-state index contributed by atoms with van der Waals surface area (Å²) in [6.45, 7) is 3.79. The smallest absolute Gasteiger partial charge is 0.188 e. The van der Waals surface area contributed by atoms with Crippen molar-refractivity contribution >= 4 is 40.7 Å². The zero-order chi connectivity index (χ0) is 14.7. The normalized spacial score (nSPS) is 10.6. The maximum Gasteiger partial charge on any atom is 0.188 e. The Morgan fingerprint density at radius 2 is 1.80 bits per heavy atom. The molecule has 0 fully saturated rings. The maximum absolute atomic E-state index is 12.1. The number of ketones is 1. The molecule has 0 saturated carbocycles. The third kappa shape index (κ3) is 3.95. The van der Waals surface area contributed by atoms with E-state index in [4.69, 9.17) is 23.2 Å². The molecule has 0 atom stereocenters. The zero-order valence-corrected chi connectivity index (χ0v) is 13.3. The molecule has 0 aliphatic heterocycles. The highest BCUT2D eigenvalue weighted by molar-refractivity contribution is 7.99. The number of hydrogen-bond donors (Lipinski definition) is 0. The van der Waals surface area contributed by atoms with E-state index >= 15 is 0 Å². The van der Waals surface area contributed by atoms with Gasteiger partial charge in [-0.15, -0.1) is 0 Å². The van der Waals surface area contributed by atoms with E-state index in [1.165, 1.54) is 11.8 Å². The molecule has 1 aromatic heterocycles. The molecule has 0 spiro atoms. The molecule has 0 amide bonds. The van der Waals surface area contributed by atoms with Crippen molar-refractivity contribution in [2.24, 2.45) is 0 Å². The van der Waals surface area contributed by atoms with Crippen LogP contribution in [0.1, 0.15) is 21.7 Å². The Morgan fingerprint density at radius 3 is 2.45 bits per heavy atom. The van der Waals surface area contributed by atoms with Gasteiger partial charge in [0.2, 0.25) is 0 Å². The van der Waals surface area contributed by atoms with Crippen molar-refractivity contribution in [1.82, 2.24) is 9.97 Å². The minimum atomic E-state index is -0.0924. The van der Waals surface area contributed by atoms with Crippen LogP contribution < -0.4 is 0 Å². The summed E-state index contributed by atoms with van der Waals surface area (Å²) in [5.74, 6) is 0.133. The number of aromatic nitrogens is 2. The van der Waals surface area contributed by atoms with E-state index in [2.05, 4.69) is 9.97 Å². The Hall–Kier alpha value is -1.10.